The second kappa shape index (κ2) is 13.2. The highest BCUT2D eigenvalue weighted by atomic mass is 16.5. The number of hydrogen-bond donors (Lipinski definition) is 1. The quantitative estimate of drug-likeness (QED) is 0.229. The maximum atomic E-state index is 12.1. The Bertz CT molecular complexity index is 1060. The summed E-state index contributed by atoms with van der Waals surface area (Å²) >= 11 is 0. The third-order valence-corrected chi connectivity index (χ3v) is 5.41. The lowest BCUT2D eigenvalue weighted by atomic mass is 10.1. The van der Waals surface area contributed by atoms with Crippen LogP contribution >= 0.6 is 0 Å². The van der Waals surface area contributed by atoms with Gasteiger partial charge in [0.05, 0.1) is 13.0 Å². The molecule has 0 unspecified atom stereocenters. The summed E-state index contributed by atoms with van der Waals surface area (Å²) in [5.41, 5.74) is 3.09. The average Bonchev–Trinajstić information content (AvgIpc) is 3.18. The van der Waals surface area contributed by atoms with Crippen molar-refractivity contribution in [2.45, 2.75) is 52.0 Å². The molecule has 2 aromatic heterocycles. The molecule has 6 heteroatoms. The maximum Gasteiger partial charge on any atom is 0.310 e. The molecule has 1 aromatic carbocycles. The van der Waals surface area contributed by atoms with Crippen LogP contribution in [0, 0.1) is 0 Å². The Labute approximate surface area is 195 Å². The lowest BCUT2D eigenvalue weighted by Gasteiger charge is -2.06. The Kier molecular flexibility index (Phi) is 9.70. The van der Waals surface area contributed by atoms with Gasteiger partial charge in [0.15, 0.2) is 0 Å². The summed E-state index contributed by atoms with van der Waals surface area (Å²) < 4.78 is 7.50. The Morgan fingerprint density at radius 3 is 2.76 bits per heavy atom. The topological polar surface area (TPSA) is 73.2 Å². The summed E-state index contributed by atoms with van der Waals surface area (Å²) in [6.45, 7) is 4.05. The van der Waals surface area contributed by atoms with Crippen LogP contribution in [-0.4, -0.2) is 34.6 Å². The van der Waals surface area contributed by atoms with Gasteiger partial charge in [-0.15, -0.1) is 0 Å². The molecule has 0 atom stereocenters. The molecule has 33 heavy (non-hydrogen) atoms. The number of amides is 1. The number of ether oxygens (including phenoxy) is 1. The zero-order valence-corrected chi connectivity index (χ0v) is 19.3. The van der Waals surface area contributed by atoms with Crippen molar-refractivity contribution in [2.24, 2.45) is 0 Å². The van der Waals surface area contributed by atoms with E-state index in [1.807, 2.05) is 31.2 Å². The summed E-state index contributed by atoms with van der Waals surface area (Å²) in [4.78, 5) is 28.0. The third kappa shape index (κ3) is 7.90. The van der Waals surface area contributed by atoms with Crippen molar-refractivity contribution < 1.29 is 14.3 Å². The fourth-order valence-corrected chi connectivity index (χ4v) is 3.75. The molecular weight excluding hydrogens is 414 g/mol. The van der Waals surface area contributed by atoms with Crippen molar-refractivity contribution in [3.63, 3.8) is 0 Å². The van der Waals surface area contributed by atoms with E-state index in [1.54, 1.807) is 24.5 Å². The fourth-order valence-electron chi connectivity index (χ4n) is 3.75. The number of benzene rings is 1. The van der Waals surface area contributed by atoms with E-state index in [1.165, 1.54) is 0 Å². The van der Waals surface area contributed by atoms with Crippen molar-refractivity contribution in [1.29, 1.82) is 0 Å². The van der Waals surface area contributed by atoms with Gasteiger partial charge >= 0.3 is 5.97 Å². The van der Waals surface area contributed by atoms with E-state index in [0.717, 1.165) is 60.7 Å². The normalized spacial score (nSPS) is 11.2. The Hall–Kier alpha value is -3.41. The van der Waals surface area contributed by atoms with Crippen molar-refractivity contribution in [1.82, 2.24) is 14.9 Å². The molecule has 3 aromatic rings. The zero-order chi connectivity index (χ0) is 23.3. The molecule has 174 valence electrons. The Morgan fingerprint density at radius 2 is 1.94 bits per heavy atom. The molecule has 6 nitrogen and oxygen atoms in total. The molecule has 3 rings (SSSR count). The van der Waals surface area contributed by atoms with Gasteiger partial charge in [0.1, 0.15) is 0 Å². The first-order chi connectivity index (χ1) is 16.2. The molecule has 0 spiro atoms. The first kappa shape index (κ1) is 24.2. The van der Waals surface area contributed by atoms with Crippen LogP contribution in [0.25, 0.3) is 17.0 Å². The molecule has 0 aliphatic carbocycles. The molecule has 0 radical (unpaired) electrons. The average molecular weight is 448 g/mol. The van der Waals surface area contributed by atoms with E-state index in [2.05, 4.69) is 33.2 Å². The summed E-state index contributed by atoms with van der Waals surface area (Å²) in [5.74, 6) is -0.250. The molecule has 0 fully saturated rings. The van der Waals surface area contributed by atoms with E-state index in [9.17, 15) is 9.59 Å². The van der Waals surface area contributed by atoms with Gasteiger partial charge < -0.3 is 14.6 Å². The number of esters is 1. The van der Waals surface area contributed by atoms with Crippen molar-refractivity contribution >= 4 is 28.9 Å². The van der Waals surface area contributed by atoms with E-state index in [4.69, 9.17) is 4.74 Å². The molecule has 2 heterocycles. The largest absolute Gasteiger partial charge is 0.465 e. The second-order valence-electron chi connectivity index (χ2n) is 8.09. The van der Waals surface area contributed by atoms with Crippen LogP contribution in [0.1, 0.15) is 50.2 Å². The Balaban J connectivity index is 1.38. The monoisotopic (exact) mass is 447 g/mol. The molecule has 0 aliphatic heterocycles. The van der Waals surface area contributed by atoms with Crippen molar-refractivity contribution in [3.8, 4) is 0 Å². The number of nitrogens with zero attached hydrogens (tertiary/aromatic N) is 2. The van der Waals surface area contributed by atoms with Crippen LogP contribution in [0.4, 0.5) is 0 Å². The number of para-hydroxylation sites is 1. The molecule has 0 saturated heterocycles. The lowest BCUT2D eigenvalue weighted by Crippen LogP contribution is -2.21. The van der Waals surface area contributed by atoms with Crippen LogP contribution in [0.3, 0.4) is 0 Å². The van der Waals surface area contributed by atoms with Crippen LogP contribution in [0.2, 0.25) is 0 Å². The third-order valence-electron chi connectivity index (χ3n) is 5.41. The summed E-state index contributed by atoms with van der Waals surface area (Å²) in [6, 6.07) is 12.0. The van der Waals surface area contributed by atoms with Crippen LogP contribution < -0.4 is 5.32 Å². The zero-order valence-electron chi connectivity index (χ0n) is 19.3. The van der Waals surface area contributed by atoms with E-state index >= 15 is 0 Å². The van der Waals surface area contributed by atoms with Gasteiger partial charge in [-0.25, -0.2) is 0 Å². The van der Waals surface area contributed by atoms with Crippen molar-refractivity contribution in [2.75, 3.05) is 13.2 Å². The van der Waals surface area contributed by atoms with E-state index in [0.29, 0.717) is 19.6 Å². The lowest BCUT2D eigenvalue weighted by molar-refractivity contribution is -0.142. The minimum Gasteiger partial charge on any atom is -0.465 e. The van der Waals surface area contributed by atoms with Crippen molar-refractivity contribution in [3.05, 3.63) is 72.2 Å². The predicted octanol–water partition coefficient (Wildman–Crippen LogP) is 4.92. The first-order valence-electron chi connectivity index (χ1n) is 11.8. The number of aryl methyl sites for hydroxylation is 1. The second-order valence-corrected chi connectivity index (χ2v) is 8.09. The van der Waals surface area contributed by atoms with Crippen LogP contribution in [0.15, 0.2) is 61.1 Å². The number of carbonyl (C=O) groups excluding carboxylic acids is 2. The molecular formula is C27H33N3O3. The smallest absolute Gasteiger partial charge is 0.310 e. The molecule has 0 aliphatic rings. The summed E-state index contributed by atoms with van der Waals surface area (Å²) in [5, 5.41) is 4.05. The number of aromatic nitrogens is 2. The first-order valence-corrected chi connectivity index (χ1v) is 11.8. The number of fused-ring (bicyclic) bond motifs is 1. The van der Waals surface area contributed by atoms with Gasteiger partial charge in [0.2, 0.25) is 5.91 Å². The standard InChI is InChI=1S/C27H33N3O3/c1-2-18-33-27(32)19-23-21-30(25-12-6-5-11-24(23)25)17-8-4-3-7-16-29-26(31)14-13-22-10-9-15-28-20-22/h5-6,9-15,20-21H,2-4,7-8,16-19H2,1H3,(H,29,31)/b14-13+. The molecule has 0 bridgehead atoms. The van der Waals surface area contributed by atoms with Crippen LogP contribution in [-0.2, 0) is 27.3 Å². The van der Waals surface area contributed by atoms with Gasteiger partial charge in [-0.3, -0.25) is 14.6 Å². The Morgan fingerprint density at radius 1 is 1.09 bits per heavy atom. The van der Waals surface area contributed by atoms with Gasteiger partial charge in [-0.2, -0.15) is 0 Å². The number of nitrogens with one attached hydrogen (secondary N) is 1. The fraction of sp³-hybridized carbons (Fsp3) is 0.370. The predicted molar refractivity (Wildman–Crippen MR) is 132 cm³/mol. The highest BCUT2D eigenvalue weighted by Gasteiger charge is 2.12. The SMILES string of the molecule is CCCOC(=O)Cc1cn(CCCCCCNC(=O)/C=C/c2cccnc2)c2ccccc12. The number of hydrogen-bond acceptors (Lipinski definition) is 4. The van der Waals surface area contributed by atoms with Gasteiger partial charge in [0, 0.05) is 48.7 Å². The van der Waals surface area contributed by atoms with Gasteiger partial charge in [-0.05, 0) is 48.6 Å². The highest BCUT2D eigenvalue weighted by Crippen LogP contribution is 2.23. The van der Waals surface area contributed by atoms with Gasteiger partial charge in [0.25, 0.3) is 0 Å². The molecule has 0 saturated carbocycles. The maximum absolute atomic E-state index is 12.1. The number of carbonyl (C=O) groups is 2. The number of pyridine rings is 1. The number of rotatable bonds is 13. The van der Waals surface area contributed by atoms with Gasteiger partial charge in [-0.1, -0.05) is 44.0 Å². The van der Waals surface area contributed by atoms with Crippen LogP contribution in [0.5, 0.6) is 0 Å². The number of unbranched alkanes of at least 4 members (excludes halogenated alkanes) is 3. The molecule has 1 N–H and O–H groups in total. The molecule has 1 amide bonds. The summed E-state index contributed by atoms with van der Waals surface area (Å²) in [6.07, 6.45) is 14.1. The summed E-state index contributed by atoms with van der Waals surface area (Å²) in [7, 11) is 0. The highest BCUT2D eigenvalue weighted by molar-refractivity contribution is 5.91. The van der Waals surface area contributed by atoms with E-state index in [-0.39, 0.29) is 11.9 Å². The minimum absolute atomic E-state index is 0.0809. The van der Waals surface area contributed by atoms with E-state index < -0.39 is 0 Å². The minimum atomic E-state index is -0.169.